The topological polar surface area (TPSA) is 72.3 Å². The fraction of sp³-hybridized carbons (Fsp3) is 0.500. The minimum absolute atomic E-state index is 0.0842. The van der Waals surface area contributed by atoms with E-state index in [1.807, 2.05) is 19.1 Å². The molecular weight excluding hydrogens is 254 g/mol. The van der Waals surface area contributed by atoms with Gasteiger partial charge in [-0.3, -0.25) is 9.69 Å². The van der Waals surface area contributed by atoms with E-state index < -0.39 is 0 Å². The molecule has 1 aliphatic rings. The third kappa shape index (κ3) is 3.68. The lowest BCUT2D eigenvalue weighted by Crippen LogP contribution is -2.49. The van der Waals surface area contributed by atoms with Gasteiger partial charge >= 0.3 is 0 Å². The Labute approximate surface area is 119 Å². The summed E-state index contributed by atoms with van der Waals surface area (Å²) in [7, 11) is 0. The van der Waals surface area contributed by atoms with Gasteiger partial charge in [0.2, 0.25) is 5.91 Å². The molecule has 0 atom stereocenters. The molecule has 0 saturated carbocycles. The number of nitrogens with one attached hydrogen (secondary N) is 1. The molecule has 0 spiro atoms. The van der Waals surface area contributed by atoms with E-state index >= 15 is 0 Å². The molecule has 0 bridgehead atoms. The minimum atomic E-state index is 0.0842. The molecule has 6 nitrogen and oxygen atoms in total. The number of carbonyl (C=O) groups excluding carboxylic acids is 1. The largest absolute Gasteiger partial charge is 0.368 e. The first-order valence-electron chi connectivity index (χ1n) is 6.83. The van der Waals surface area contributed by atoms with E-state index in [9.17, 15) is 4.79 Å². The monoisotopic (exact) mass is 273 g/mol. The van der Waals surface area contributed by atoms with Crippen molar-refractivity contribution in [1.82, 2.24) is 15.2 Å². The smallest absolute Gasteiger partial charge is 0.234 e. The average Bonchev–Trinajstić information content (AvgIpc) is 2.48. The summed E-state index contributed by atoms with van der Waals surface area (Å²) in [6.45, 7) is 6.52. The summed E-state index contributed by atoms with van der Waals surface area (Å²) in [6.07, 6.45) is 1.73. The Bertz CT molecular complexity index is 485. The van der Waals surface area contributed by atoms with Crippen molar-refractivity contribution < 1.29 is 4.79 Å². The number of amides is 1. The molecule has 1 amide bonds. The van der Waals surface area contributed by atoms with Crippen LogP contribution in [0.4, 0.5) is 5.69 Å². The van der Waals surface area contributed by atoms with Crippen LogP contribution in [0.2, 0.25) is 0 Å². The van der Waals surface area contributed by atoms with E-state index in [-0.39, 0.29) is 5.91 Å². The molecular formula is C14H19N5O. The number of nitrogens with zero attached hydrogens (tertiary/aromatic N) is 4. The van der Waals surface area contributed by atoms with Crippen molar-refractivity contribution in [3.05, 3.63) is 24.0 Å². The van der Waals surface area contributed by atoms with Crippen LogP contribution in [-0.4, -0.2) is 55.1 Å². The van der Waals surface area contributed by atoms with Crippen molar-refractivity contribution in [2.45, 2.75) is 6.92 Å². The SMILES string of the molecule is CCNC(=O)CN1CCN(c2ccc(C#N)nc2)CC1. The molecule has 106 valence electrons. The van der Waals surface area contributed by atoms with Crippen LogP contribution in [0.15, 0.2) is 18.3 Å². The number of hydrogen-bond acceptors (Lipinski definition) is 5. The van der Waals surface area contributed by atoms with Gasteiger partial charge in [-0.2, -0.15) is 5.26 Å². The lowest BCUT2D eigenvalue weighted by molar-refractivity contribution is -0.122. The quantitative estimate of drug-likeness (QED) is 0.849. The Hall–Kier alpha value is -2.13. The van der Waals surface area contributed by atoms with Gasteiger partial charge in [0.15, 0.2) is 0 Å². The standard InChI is InChI=1S/C14H19N5O/c1-2-16-14(20)11-18-5-7-19(8-6-18)13-4-3-12(9-15)17-10-13/h3-4,10H,2,5-8,11H2,1H3,(H,16,20). The fourth-order valence-electron chi connectivity index (χ4n) is 2.26. The van der Waals surface area contributed by atoms with E-state index in [1.54, 1.807) is 12.3 Å². The number of piperazine rings is 1. The van der Waals surface area contributed by atoms with E-state index in [4.69, 9.17) is 5.26 Å². The third-order valence-electron chi connectivity index (χ3n) is 3.34. The van der Waals surface area contributed by atoms with E-state index in [2.05, 4.69) is 20.1 Å². The molecule has 2 rings (SSSR count). The predicted molar refractivity (Wildman–Crippen MR) is 76.3 cm³/mol. The van der Waals surface area contributed by atoms with E-state index in [0.717, 1.165) is 31.9 Å². The van der Waals surface area contributed by atoms with Gasteiger partial charge in [0.1, 0.15) is 11.8 Å². The highest BCUT2D eigenvalue weighted by Crippen LogP contribution is 2.15. The Morgan fingerprint density at radius 2 is 2.15 bits per heavy atom. The summed E-state index contributed by atoms with van der Waals surface area (Å²) in [5.74, 6) is 0.0842. The van der Waals surface area contributed by atoms with Crippen LogP contribution in [-0.2, 0) is 4.79 Å². The van der Waals surface area contributed by atoms with E-state index in [0.29, 0.717) is 18.8 Å². The molecule has 0 aromatic carbocycles. The van der Waals surface area contributed by atoms with Gasteiger partial charge in [0.05, 0.1) is 18.4 Å². The van der Waals surface area contributed by atoms with Crippen LogP contribution in [0.5, 0.6) is 0 Å². The Balaban J connectivity index is 1.84. The fourth-order valence-corrected chi connectivity index (χ4v) is 2.26. The van der Waals surface area contributed by atoms with Crippen LogP contribution in [0.1, 0.15) is 12.6 Å². The summed E-state index contributed by atoms with van der Waals surface area (Å²) in [5, 5.41) is 11.5. The number of likely N-dealkylation sites (N-methyl/N-ethyl adjacent to an activating group) is 1. The predicted octanol–water partition coefficient (Wildman–Crippen LogP) is 0.211. The summed E-state index contributed by atoms with van der Waals surface area (Å²) < 4.78 is 0. The molecule has 1 fully saturated rings. The number of rotatable bonds is 4. The first-order chi connectivity index (χ1) is 9.72. The number of pyridine rings is 1. The lowest BCUT2D eigenvalue weighted by atomic mass is 10.2. The Kier molecular flexibility index (Phi) is 4.91. The van der Waals surface area contributed by atoms with Crippen molar-refractivity contribution in [2.24, 2.45) is 0 Å². The first-order valence-corrected chi connectivity index (χ1v) is 6.83. The zero-order chi connectivity index (χ0) is 14.4. The van der Waals surface area contributed by atoms with E-state index in [1.165, 1.54) is 0 Å². The first kappa shape index (κ1) is 14.3. The minimum Gasteiger partial charge on any atom is -0.368 e. The zero-order valence-electron chi connectivity index (χ0n) is 11.7. The Morgan fingerprint density at radius 1 is 1.40 bits per heavy atom. The number of aromatic nitrogens is 1. The normalized spacial score (nSPS) is 15.7. The van der Waals surface area contributed by atoms with Gasteiger partial charge in [0.25, 0.3) is 0 Å². The lowest BCUT2D eigenvalue weighted by Gasteiger charge is -2.35. The average molecular weight is 273 g/mol. The molecule has 1 aliphatic heterocycles. The van der Waals surface area contributed by atoms with Gasteiger partial charge in [-0.1, -0.05) is 0 Å². The molecule has 20 heavy (non-hydrogen) atoms. The number of anilines is 1. The van der Waals surface area contributed by atoms with Crippen molar-refractivity contribution in [1.29, 1.82) is 5.26 Å². The van der Waals surface area contributed by atoms with Crippen LogP contribution in [0, 0.1) is 11.3 Å². The molecule has 1 aromatic rings. The molecule has 1 aromatic heterocycles. The van der Waals surface area contributed by atoms with Gasteiger partial charge in [0, 0.05) is 32.7 Å². The third-order valence-corrected chi connectivity index (χ3v) is 3.34. The van der Waals surface area contributed by atoms with Crippen LogP contribution < -0.4 is 10.2 Å². The second-order valence-electron chi connectivity index (χ2n) is 4.73. The van der Waals surface area contributed by atoms with Gasteiger partial charge < -0.3 is 10.2 Å². The summed E-state index contributed by atoms with van der Waals surface area (Å²) in [4.78, 5) is 20.0. The second-order valence-corrected chi connectivity index (χ2v) is 4.73. The highest BCUT2D eigenvalue weighted by molar-refractivity contribution is 5.77. The highest BCUT2D eigenvalue weighted by Gasteiger charge is 2.19. The molecule has 0 unspecified atom stereocenters. The van der Waals surface area contributed by atoms with Crippen LogP contribution >= 0.6 is 0 Å². The maximum absolute atomic E-state index is 11.5. The number of hydrogen-bond donors (Lipinski definition) is 1. The molecule has 0 radical (unpaired) electrons. The summed E-state index contributed by atoms with van der Waals surface area (Å²) >= 11 is 0. The molecule has 6 heteroatoms. The molecule has 1 N–H and O–H groups in total. The maximum Gasteiger partial charge on any atom is 0.234 e. The van der Waals surface area contributed by atoms with Crippen molar-refractivity contribution >= 4 is 11.6 Å². The number of carbonyl (C=O) groups is 1. The van der Waals surface area contributed by atoms with Crippen molar-refractivity contribution in [3.63, 3.8) is 0 Å². The molecule has 1 saturated heterocycles. The van der Waals surface area contributed by atoms with Gasteiger partial charge in [-0.05, 0) is 19.1 Å². The molecule has 2 heterocycles. The summed E-state index contributed by atoms with van der Waals surface area (Å²) in [5.41, 5.74) is 1.46. The van der Waals surface area contributed by atoms with Crippen molar-refractivity contribution in [3.8, 4) is 6.07 Å². The summed E-state index contributed by atoms with van der Waals surface area (Å²) in [6, 6.07) is 5.67. The number of nitriles is 1. The van der Waals surface area contributed by atoms with Crippen LogP contribution in [0.25, 0.3) is 0 Å². The highest BCUT2D eigenvalue weighted by atomic mass is 16.2. The van der Waals surface area contributed by atoms with Crippen LogP contribution in [0.3, 0.4) is 0 Å². The Morgan fingerprint density at radius 3 is 2.70 bits per heavy atom. The molecule has 0 aliphatic carbocycles. The van der Waals surface area contributed by atoms with Gasteiger partial charge in [-0.15, -0.1) is 0 Å². The van der Waals surface area contributed by atoms with Crippen molar-refractivity contribution in [2.75, 3.05) is 44.2 Å². The second kappa shape index (κ2) is 6.87. The van der Waals surface area contributed by atoms with Gasteiger partial charge in [-0.25, -0.2) is 4.98 Å². The maximum atomic E-state index is 11.5. The zero-order valence-corrected chi connectivity index (χ0v) is 11.7.